The van der Waals surface area contributed by atoms with Crippen LogP contribution in [0.3, 0.4) is 0 Å². The van der Waals surface area contributed by atoms with E-state index in [2.05, 4.69) is 20.8 Å². The number of hydrogen-bond acceptors (Lipinski definition) is 2. The largest absolute Gasteiger partial charge is 0.388 e. The number of aliphatic hydroxyl groups is 1. The molecule has 1 aliphatic carbocycles. The fourth-order valence-electron chi connectivity index (χ4n) is 3.02. The van der Waals surface area contributed by atoms with Crippen molar-refractivity contribution in [3.05, 3.63) is 0 Å². The fraction of sp³-hybridized carbons (Fsp3) is 1.00. The van der Waals surface area contributed by atoms with Crippen LogP contribution in [-0.4, -0.2) is 16.2 Å². The minimum atomic E-state index is -0.700. The van der Waals surface area contributed by atoms with Crippen molar-refractivity contribution in [1.29, 1.82) is 0 Å². The second kappa shape index (κ2) is 3.21. The summed E-state index contributed by atoms with van der Waals surface area (Å²) in [5, 5.41) is 10.6. The van der Waals surface area contributed by atoms with Crippen LogP contribution in [-0.2, 0) is 0 Å². The summed E-state index contributed by atoms with van der Waals surface area (Å²) in [6.45, 7) is 10.5. The molecule has 0 saturated heterocycles. The van der Waals surface area contributed by atoms with Crippen LogP contribution in [0.1, 0.15) is 53.9 Å². The van der Waals surface area contributed by atoms with Crippen molar-refractivity contribution >= 4 is 0 Å². The highest BCUT2D eigenvalue weighted by molar-refractivity contribution is 5.04. The van der Waals surface area contributed by atoms with Crippen LogP contribution >= 0.6 is 0 Å². The third-order valence-corrected chi connectivity index (χ3v) is 3.56. The van der Waals surface area contributed by atoms with E-state index in [1.54, 1.807) is 0 Å². The third kappa shape index (κ3) is 2.29. The van der Waals surface area contributed by atoms with Gasteiger partial charge in [0.2, 0.25) is 0 Å². The van der Waals surface area contributed by atoms with Gasteiger partial charge in [0.1, 0.15) is 0 Å². The van der Waals surface area contributed by atoms with E-state index in [1.807, 2.05) is 13.8 Å². The molecule has 14 heavy (non-hydrogen) atoms. The van der Waals surface area contributed by atoms with Crippen molar-refractivity contribution in [1.82, 2.24) is 0 Å². The van der Waals surface area contributed by atoms with Gasteiger partial charge in [0.25, 0.3) is 0 Å². The van der Waals surface area contributed by atoms with Crippen molar-refractivity contribution in [2.75, 3.05) is 0 Å². The first kappa shape index (κ1) is 12.0. The lowest BCUT2D eigenvalue weighted by atomic mass is 9.60. The maximum atomic E-state index is 10.6. The van der Waals surface area contributed by atoms with E-state index in [1.165, 1.54) is 6.42 Å². The van der Waals surface area contributed by atoms with E-state index in [0.29, 0.717) is 5.92 Å². The fourth-order valence-corrected chi connectivity index (χ4v) is 3.02. The third-order valence-electron chi connectivity index (χ3n) is 3.56. The molecule has 1 saturated carbocycles. The smallest absolute Gasteiger partial charge is 0.0828 e. The molecule has 0 amide bonds. The molecule has 84 valence electrons. The molecular formula is C12H25NO. The Labute approximate surface area is 87.9 Å². The van der Waals surface area contributed by atoms with Gasteiger partial charge in [0.15, 0.2) is 0 Å². The van der Waals surface area contributed by atoms with Gasteiger partial charge in [-0.2, -0.15) is 0 Å². The zero-order valence-electron chi connectivity index (χ0n) is 10.2. The molecule has 2 unspecified atom stereocenters. The second-order valence-electron chi connectivity index (χ2n) is 6.61. The molecule has 2 heteroatoms. The van der Waals surface area contributed by atoms with Crippen molar-refractivity contribution in [3.8, 4) is 0 Å². The Kier molecular flexibility index (Phi) is 2.75. The predicted molar refractivity (Wildman–Crippen MR) is 60.0 cm³/mol. The van der Waals surface area contributed by atoms with Gasteiger partial charge in [-0.05, 0) is 44.4 Å². The van der Waals surface area contributed by atoms with E-state index in [4.69, 9.17) is 5.73 Å². The molecule has 1 aliphatic rings. The number of nitrogens with two attached hydrogens (primary N) is 1. The molecule has 0 radical (unpaired) electrons. The van der Waals surface area contributed by atoms with E-state index >= 15 is 0 Å². The SMILES string of the molecule is CC1CC(C)(C)CC(O)(C(C)(C)N)C1. The monoisotopic (exact) mass is 199 g/mol. The Morgan fingerprint density at radius 2 is 1.79 bits per heavy atom. The van der Waals surface area contributed by atoms with Crippen LogP contribution < -0.4 is 5.73 Å². The lowest BCUT2D eigenvalue weighted by Gasteiger charge is -2.50. The average molecular weight is 199 g/mol. The first-order valence-electron chi connectivity index (χ1n) is 5.57. The van der Waals surface area contributed by atoms with Crippen LogP contribution in [0.15, 0.2) is 0 Å². The average Bonchev–Trinajstić information content (AvgIpc) is 1.76. The summed E-state index contributed by atoms with van der Waals surface area (Å²) in [6.07, 6.45) is 2.83. The maximum Gasteiger partial charge on any atom is 0.0828 e. The van der Waals surface area contributed by atoms with Crippen LogP contribution in [0.4, 0.5) is 0 Å². The molecule has 3 N–H and O–H groups in total. The van der Waals surface area contributed by atoms with Gasteiger partial charge in [-0.1, -0.05) is 20.8 Å². The normalized spacial score (nSPS) is 38.4. The van der Waals surface area contributed by atoms with E-state index < -0.39 is 11.1 Å². The standard InChI is InChI=1S/C12H25NO/c1-9-6-10(2,3)8-12(14,7-9)11(4,5)13/h9,14H,6-8,13H2,1-5H3. The van der Waals surface area contributed by atoms with Crippen molar-refractivity contribution in [3.63, 3.8) is 0 Å². The van der Waals surface area contributed by atoms with Crippen LogP contribution in [0.5, 0.6) is 0 Å². The molecule has 0 aromatic carbocycles. The molecular weight excluding hydrogens is 174 g/mol. The van der Waals surface area contributed by atoms with Gasteiger partial charge in [-0.25, -0.2) is 0 Å². The molecule has 2 atom stereocenters. The first-order valence-corrected chi connectivity index (χ1v) is 5.57. The van der Waals surface area contributed by atoms with Crippen molar-refractivity contribution in [2.45, 2.75) is 65.0 Å². The van der Waals surface area contributed by atoms with Crippen LogP contribution in [0, 0.1) is 11.3 Å². The zero-order valence-corrected chi connectivity index (χ0v) is 10.2. The minimum Gasteiger partial charge on any atom is -0.388 e. The first-order chi connectivity index (χ1) is 6.06. The van der Waals surface area contributed by atoms with Crippen LogP contribution in [0.25, 0.3) is 0 Å². The molecule has 2 nitrogen and oxygen atoms in total. The van der Waals surface area contributed by atoms with Gasteiger partial charge in [0.05, 0.1) is 5.60 Å². The molecule has 0 aromatic heterocycles. The minimum absolute atomic E-state index is 0.211. The van der Waals surface area contributed by atoms with Gasteiger partial charge < -0.3 is 10.8 Å². The lowest BCUT2D eigenvalue weighted by molar-refractivity contribution is -0.100. The van der Waals surface area contributed by atoms with Crippen LogP contribution in [0.2, 0.25) is 0 Å². The number of rotatable bonds is 1. The van der Waals surface area contributed by atoms with E-state index in [0.717, 1.165) is 12.8 Å². The van der Waals surface area contributed by atoms with Gasteiger partial charge >= 0.3 is 0 Å². The number of hydrogen-bond donors (Lipinski definition) is 2. The Balaban J connectivity index is 2.90. The quantitative estimate of drug-likeness (QED) is 0.680. The summed E-state index contributed by atoms with van der Waals surface area (Å²) in [5.74, 6) is 0.562. The van der Waals surface area contributed by atoms with Gasteiger partial charge in [0, 0.05) is 5.54 Å². The highest BCUT2D eigenvalue weighted by Gasteiger charge is 2.48. The van der Waals surface area contributed by atoms with Crippen molar-refractivity contribution in [2.24, 2.45) is 17.1 Å². The topological polar surface area (TPSA) is 46.2 Å². The molecule has 1 rings (SSSR count). The molecule has 0 heterocycles. The van der Waals surface area contributed by atoms with E-state index in [9.17, 15) is 5.11 Å². The zero-order chi connectivity index (χ0) is 11.2. The molecule has 0 aliphatic heterocycles. The molecule has 0 aromatic rings. The molecule has 0 bridgehead atoms. The highest BCUT2D eigenvalue weighted by atomic mass is 16.3. The summed E-state index contributed by atoms with van der Waals surface area (Å²) in [6, 6.07) is 0. The Morgan fingerprint density at radius 3 is 2.14 bits per heavy atom. The lowest BCUT2D eigenvalue weighted by Crippen LogP contribution is -2.60. The highest BCUT2D eigenvalue weighted by Crippen LogP contribution is 2.47. The summed E-state index contributed by atoms with van der Waals surface area (Å²) in [7, 11) is 0. The summed E-state index contributed by atoms with van der Waals surface area (Å²) in [5.41, 5.74) is 5.09. The van der Waals surface area contributed by atoms with Gasteiger partial charge in [-0.15, -0.1) is 0 Å². The van der Waals surface area contributed by atoms with Gasteiger partial charge in [-0.3, -0.25) is 0 Å². The Bertz CT molecular complexity index is 217. The Morgan fingerprint density at radius 1 is 1.29 bits per heavy atom. The molecule has 1 fully saturated rings. The summed E-state index contributed by atoms with van der Waals surface area (Å²) < 4.78 is 0. The Hall–Kier alpha value is -0.0800. The van der Waals surface area contributed by atoms with Crippen molar-refractivity contribution < 1.29 is 5.11 Å². The summed E-state index contributed by atoms with van der Waals surface area (Å²) >= 11 is 0. The summed E-state index contributed by atoms with van der Waals surface area (Å²) in [4.78, 5) is 0. The van der Waals surface area contributed by atoms with E-state index in [-0.39, 0.29) is 5.41 Å². The predicted octanol–water partition coefficient (Wildman–Crippen LogP) is 2.30. The second-order valence-corrected chi connectivity index (χ2v) is 6.61. The molecule has 0 spiro atoms. The maximum absolute atomic E-state index is 10.6.